The molecule has 5 heteroatoms. The minimum Gasteiger partial charge on any atom is -0.335 e. The molecule has 1 saturated heterocycles. The van der Waals surface area contributed by atoms with Gasteiger partial charge >= 0.3 is 0 Å². The molecule has 1 aliphatic rings. The predicted molar refractivity (Wildman–Crippen MR) is 92.1 cm³/mol. The third kappa shape index (κ3) is 4.06. The van der Waals surface area contributed by atoms with Crippen LogP contribution in [0.25, 0.3) is 0 Å². The Morgan fingerprint density at radius 2 is 1.79 bits per heavy atom. The van der Waals surface area contributed by atoms with Crippen LogP contribution in [0.3, 0.4) is 0 Å². The summed E-state index contributed by atoms with van der Waals surface area (Å²) in [6.45, 7) is 4.20. The fourth-order valence-corrected chi connectivity index (χ4v) is 2.87. The van der Waals surface area contributed by atoms with Crippen LogP contribution in [-0.4, -0.2) is 59.7 Å². The summed E-state index contributed by atoms with van der Waals surface area (Å²) in [4.78, 5) is 31.4. The van der Waals surface area contributed by atoms with Crippen molar-refractivity contribution in [2.45, 2.75) is 6.42 Å². The molecule has 1 aromatic carbocycles. The van der Waals surface area contributed by atoms with Crippen LogP contribution in [0.5, 0.6) is 0 Å². The summed E-state index contributed by atoms with van der Waals surface area (Å²) in [5.41, 5.74) is 2.23. The first kappa shape index (κ1) is 16.3. The number of rotatable bonds is 5. The Morgan fingerprint density at radius 1 is 1.04 bits per heavy atom. The Bertz CT molecular complexity index is 678. The lowest BCUT2D eigenvalue weighted by atomic mass is 10.1. The smallest absolute Gasteiger partial charge is 0.272 e. The highest BCUT2D eigenvalue weighted by Gasteiger charge is 2.22. The van der Waals surface area contributed by atoms with Crippen LogP contribution in [0.4, 0.5) is 0 Å². The van der Waals surface area contributed by atoms with Crippen molar-refractivity contribution in [3.05, 3.63) is 65.5 Å². The maximum absolute atomic E-state index is 12.4. The molecular formula is C19H21N3O2. The number of hydrogen-bond donors (Lipinski definition) is 0. The normalized spacial score (nSPS) is 15.2. The van der Waals surface area contributed by atoms with Gasteiger partial charge in [-0.15, -0.1) is 0 Å². The average Bonchev–Trinajstić information content (AvgIpc) is 2.67. The first-order chi connectivity index (χ1) is 11.8. The summed E-state index contributed by atoms with van der Waals surface area (Å²) in [6.07, 6.45) is 3.20. The van der Waals surface area contributed by atoms with E-state index in [1.165, 1.54) is 11.8 Å². The number of amides is 1. The number of aromatic nitrogens is 1. The van der Waals surface area contributed by atoms with Gasteiger partial charge in [0.05, 0.1) is 0 Å². The molecule has 1 aromatic heterocycles. The zero-order valence-corrected chi connectivity index (χ0v) is 13.6. The van der Waals surface area contributed by atoms with Crippen molar-refractivity contribution in [1.29, 1.82) is 0 Å². The molecule has 3 rings (SSSR count). The van der Waals surface area contributed by atoms with Gasteiger partial charge in [-0.3, -0.25) is 19.5 Å². The number of carbonyl (C=O) groups is 2. The Labute approximate surface area is 141 Å². The fourth-order valence-electron chi connectivity index (χ4n) is 2.87. The third-order valence-electron chi connectivity index (χ3n) is 4.36. The summed E-state index contributed by atoms with van der Waals surface area (Å²) >= 11 is 0. The quantitative estimate of drug-likeness (QED) is 0.789. The van der Waals surface area contributed by atoms with Gasteiger partial charge in [0.25, 0.3) is 5.91 Å². The second kappa shape index (κ2) is 7.84. The number of nitrogens with zero attached hydrogens (tertiary/aromatic N) is 3. The maximum Gasteiger partial charge on any atom is 0.272 e. The van der Waals surface area contributed by atoms with E-state index in [0.29, 0.717) is 24.3 Å². The van der Waals surface area contributed by atoms with Gasteiger partial charge in [-0.05, 0) is 24.1 Å². The number of carbonyl (C=O) groups excluding carboxylic acids is 2. The third-order valence-corrected chi connectivity index (χ3v) is 4.36. The molecule has 5 nitrogen and oxygen atoms in total. The van der Waals surface area contributed by atoms with Crippen molar-refractivity contribution in [1.82, 2.24) is 14.8 Å². The van der Waals surface area contributed by atoms with E-state index >= 15 is 0 Å². The highest BCUT2D eigenvalue weighted by molar-refractivity contribution is 5.92. The van der Waals surface area contributed by atoms with Gasteiger partial charge in [-0.25, -0.2) is 0 Å². The van der Waals surface area contributed by atoms with E-state index in [2.05, 4.69) is 34.1 Å². The van der Waals surface area contributed by atoms with E-state index in [9.17, 15) is 9.59 Å². The van der Waals surface area contributed by atoms with Gasteiger partial charge in [0.2, 0.25) is 0 Å². The van der Waals surface area contributed by atoms with Crippen molar-refractivity contribution >= 4 is 12.2 Å². The second-order valence-electron chi connectivity index (χ2n) is 5.96. The molecule has 2 heterocycles. The van der Waals surface area contributed by atoms with Crippen LogP contribution in [0.2, 0.25) is 0 Å². The number of benzene rings is 1. The van der Waals surface area contributed by atoms with E-state index in [0.717, 1.165) is 32.3 Å². The summed E-state index contributed by atoms with van der Waals surface area (Å²) < 4.78 is 0. The minimum atomic E-state index is -0.0600. The number of pyridine rings is 1. The van der Waals surface area contributed by atoms with Crippen molar-refractivity contribution in [2.75, 3.05) is 32.7 Å². The fraction of sp³-hybridized carbons (Fsp3) is 0.316. The molecule has 0 atom stereocenters. The minimum absolute atomic E-state index is 0.0600. The highest BCUT2D eigenvalue weighted by Crippen LogP contribution is 2.09. The van der Waals surface area contributed by atoms with Crippen molar-refractivity contribution in [3.8, 4) is 0 Å². The summed E-state index contributed by atoms with van der Waals surface area (Å²) in [6, 6.07) is 13.7. The number of hydrogen-bond acceptors (Lipinski definition) is 4. The van der Waals surface area contributed by atoms with E-state index in [4.69, 9.17) is 0 Å². The Hall–Kier alpha value is -2.53. The predicted octanol–water partition coefficient (Wildman–Crippen LogP) is 1.89. The Balaban J connectivity index is 1.49. The van der Waals surface area contributed by atoms with Crippen LogP contribution < -0.4 is 0 Å². The van der Waals surface area contributed by atoms with Gasteiger partial charge < -0.3 is 4.90 Å². The molecule has 0 radical (unpaired) electrons. The zero-order chi connectivity index (χ0) is 16.8. The zero-order valence-electron chi connectivity index (χ0n) is 13.6. The van der Waals surface area contributed by atoms with Crippen molar-refractivity contribution in [3.63, 3.8) is 0 Å². The lowest BCUT2D eigenvalue weighted by Crippen LogP contribution is -2.49. The van der Waals surface area contributed by atoms with Crippen LogP contribution in [-0.2, 0) is 6.42 Å². The first-order valence-electron chi connectivity index (χ1n) is 8.23. The Kier molecular flexibility index (Phi) is 5.33. The van der Waals surface area contributed by atoms with Crippen LogP contribution in [0.1, 0.15) is 26.4 Å². The highest BCUT2D eigenvalue weighted by atomic mass is 16.2. The molecule has 1 aliphatic heterocycles. The molecule has 124 valence electrons. The number of piperazine rings is 1. The first-order valence-corrected chi connectivity index (χ1v) is 8.23. The van der Waals surface area contributed by atoms with E-state index in [1.807, 2.05) is 11.0 Å². The molecule has 2 aromatic rings. The van der Waals surface area contributed by atoms with Gasteiger partial charge in [0.1, 0.15) is 5.69 Å². The van der Waals surface area contributed by atoms with E-state index in [-0.39, 0.29) is 5.91 Å². The molecule has 0 bridgehead atoms. The SMILES string of the molecule is O=Cc1ccc(C(=O)N2CCN(CCc3ccccc3)CC2)nc1. The van der Waals surface area contributed by atoms with Gasteiger partial charge in [0.15, 0.2) is 6.29 Å². The molecule has 0 saturated carbocycles. The largest absolute Gasteiger partial charge is 0.335 e. The summed E-state index contributed by atoms with van der Waals surface area (Å²) in [5.74, 6) is -0.0600. The lowest BCUT2D eigenvalue weighted by molar-refractivity contribution is 0.0632. The van der Waals surface area contributed by atoms with Crippen molar-refractivity contribution in [2.24, 2.45) is 0 Å². The molecule has 0 N–H and O–H groups in total. The summed E-state index contributed by atoms with van der Waals surface area (Å²) in [7, 11) is 0. The molecular weight excluding hydrogens is 302 g/mol. The molecule has 1 amide bonds. The molecule has 0 aliphatic carbocycles. The maximum atomic E-state index is 12.4. The van der Waals surface area contributed by atoms with Gasteiger partial charge in [-0.1, -0.05) is 30.3 Å². The molecule has 0 spiro atoms. The summed E-state index contributed by atoms with van der Waals surface area (Å²) in [5, 5.41) is 0. The van der Waals surface area contributed by atoms with Crippen molar-refractivity contribution < 1.29 is 9.59 Å². The topological polar surface area (TPSA) is 53.5 Å². The van der Waals surface area contributed by atoms with Gasteiger partial charge in [0, 0.05) is 44.5 Å². The van der Waals surface area contributed by atoms with Crippen LogP contribution in [0, 0.1) is 0 Å². The second-order valence-corrected chi connectivity index (χ2v) is 5.96. The molecule has 24 heavy (non-hydrogen) atoms. The van der Waals surface area contributed by atoms with E-state index < -0.39 is 0 Å². The standard InChI is InChI=1S/C19H21N3O2/c23-15-17-6-7-18(20-14-17)19(24)22-12-10-21(11-13-22)9-8-16-4-2-1-3-5-16/h1-7,14-15H,8-13H2. The number of aldehydes is 1. The van der Waals surface area contributed by atoms with Gasteiger partial charge in [-0.2, -0.15) is 0 Å². The lowest BCUT2D eigenvalue weighted by Gasteiger charge is -2.34. The van der Waals surface area contributed by atoms with Crippen LogP contribution in [0.15, 0.2) is 48.7 Å². The Morgan fingerprint density at radius 3 is 2.42 bits per heavy atom. The van der Waals surface area contributed by atoms with Crippen LogP contribution >= 0.6 is 0 Å². The molecule has 1 fully saturated rings. The molecule has 0 unspecified atom stereocenters. The van der Waals surface area contributed by atoms with E-state index in [1.54, 1.807) is 12.1 Å². The average molecular weight is 323 g/mol. The monoisotopic (exact) mass is 323 g/mol.